The predicted molar refractivity (Wildman–Crippen MR) is 45.7 cm³/mol. The summed E-state index contributed by atoms with van der Waals surface area (Å²) in [7, 11) is 0. The number of piperidine rings is 1. The zero-order chi connectivity index (χ0) is 7.23. The average molecular weight is 161 g/mol. The monoisotopic (exact) mass is 161 g/mol. The lowest BCUT2D eigenvalue weighted by molar-refractivity contribution is 0.0434. The fourth-order valence-corrected chi connectivity index (χ4v) is 1.29. The van der Waals surface area contributed by atoms with Crippen molar-refractivity contribution in [3.8, 4) is 0 Å². The summed E-state index contributed by atoms with van der Waals surface area (Å²) in [6.07, 6.45) is 2.81. The largest absolute Gasteiger partial charge is 0.377 e. The third-order valence-electron chi connectivity index (χ3n) is 1.73. The Kier molecular flexibility index (Phi) is 4.18. The van der Waals surface area contributed by atoms with Gasteiger partial charge in [0.05, 0.1) is 12.7 Å². The first-order valence-electron chi connectivity index (χ1n) is 3.86. The van der Waals surface area contributed by atoms with Gasteiger partial charge in [-0.2, -0.15) is 12.6 Å². The Bertz CT molecular complexity index is 83.7. The van der Waals surface area contributed by atoms with Crippen LogP contribution in [-0.2, 0) is 4.74 Å². The van der Waals surface area contributed by atoms with Gasteiger partial charge in [-0.15, -0.1) is 0 Å². The molecule has 1 fully saturated rings. The average Bonchev–Trinajstić information content (AvgIpc) is 2.03. The molecule has 1 aliphatic heterocycles. The number of ether oxygens (including phenoxy) is 1. The van der Waals surface area contributed by atoms with Gasteiger partial charge in [0.25, 0.3) is 0 Å². The molecular weight excluding hydrogens is 146 g/mol. The molecule has 0 aromatic carbocycles. The van der Waals surface area contributed by atoms with Crippen molar-refractivity contribution in [3.05, 3.63) is 0 Å². The summed E-state index contributed by atoms with van der Waals surface area (Å²) >= 11 is 4.08. The van der Waals surface area contributed by atoms with Crippen LogP contribution < -0.4 is 5.32 Å². The van der Waals surface area contributed by atoms with Crippen molar-refractivity contribution in [2.45, 2.75) is 18.9 Å². The van der Waals surface area contributed by atoms with Crippen LogP contribution in [0.15, 0.2) is 0 Å². The van der Waals surface area contributed by atoms with E-state index in [1.165, 1.54) is 0 Å². The maximum atomic E-state index is 5.52. The van der Waals surface area contributed by atoms with Crippen molar-refractivity contribution in [1.82, 2.24) is 5.32 Å². The van der Waals surface area contributed by atoms with Gasteiger partial charge in [0.1, 0.15) is 0 Å². The second-order valence-electron chi connectivity index (χ2n) is 2.54. The number of rotatable bonds is 3. The van der Waals surface area contributed by atoms with E-state index >= 15 is 0 Å². The highest BCUT2D eigenvalue weighted by atomic mass is 32.1. The van der Waals surface area contributed by atoms with Crippen molar-refractivity contribution in [2.24, 2.45) is 0 Å². The normalized spacial score (nSPS) is 21.3. The van der Waals surface area contributed by atoms with Gasteiger partial charge in [-0.3, -0.25) is 0 Å². The van der Waals surface area contributed by atoms with Crippen molar-refractivity contribution in [1.29, 1.82) is 0 Å². The van der Waals surface area contributed by atoms with Crippen LogP contribution in [0.5, 0.6) is 0 Å². The summed E-state index contributed by atoms with van der Waals surface area (Å²) in [5.74, 6) is 0.837. The molecule has 3 heteroatoms. The molecule has 0 amide bonds. The fraction of sp³-hybridized carbons (Fsp3) is 1.00. The summed E-state index contributed by atoms with van der Waals surface area (Å²) < 4.78 is 5.52. The lowest BCUT2D eigenvalue weighted by Crippen LogP contribution is -2.32. The minimum atomic E-state index is 0.494. The van der Waals surface area contributed by atoms with E-state index in [1.807, 2.05) is 0 Å². The Morgan fingerprint density at radius 3 is 2.70 bits per heavy atom. The molecule has 2 nitrogen and oxygen atoms in total. The summed E-state index contributed by atoms with van der Waals surface area (Å²) in [6, 6.07) is 0. The molecule has 0 aromatic rings. The van der Waals surface area contributed by atoms with E-state index in [1.54, 1.807) is 0 Å². The lowest BCUT2D eigenvalue weighted by Gasteiger charge is -2.22. The van der Waals surface area contributed by atoms with Crippen molar-refractivity contribution in [3.63, 3.8) is 0 Å². The minimum Gasteiger partial charge on any atom is -0.377 e. The Morgan fingerprint density at radius 1 is 1.40 bits per heavy atom. The highest BCUT2D eigenvalue weighted by Gasteiger charge is 2.11. The number of hydrogen-bond acceptors (Lipinski definition) is 3. The van der Waals surface area contributed by atoms with Crippen molar-refractivity contribution < 1.29 is 4.74 Å². The summed E-state index contributed by atoms with van der Waals surface area (Å²) in [5.41, 5.74) is 0. The number of nitrogens with one attached hydrogen (secondary N) is 1. The first kappa shape index (κ1) is 8.37. The van der Waals surface area contributed by atoms with Crippen LogP contribution in [0.2, 0.25) is 0 Å². The molecule has 0 spiro atoms. The van der Waals surface area contributed by atoms with E-state index in [4.69, 9.17) is 4.74 Å². The molecule has 0 aliphatic carbocycles. The van der Waals surface area contributed by atoms with E-state index in [2.05, 4.69) is 17.9 Å². The smallest absolute Gasteiger partial charge is 0.0599 e. The van der Waals surface area contributed by atoms with Crippen molar-refractivity contribution in [2.75, 3.05) is 25.4 Å². The molecule has 1 heterocycles. The molecule has 0 bridgehead atoms. The molecule has 1 N–H and O–H groups in total. The number of hydrogen-bond donors (Lipinski definition) is 2. The van der Waals surface area contributed by atoms with Crippen LogP contribution in [0.1, 0.15) is 12.8 Å². The zero-order valence-electron chi connectivity index (χ0n) is 6.18. The Balaban J connectivity index is 2.02. The zero-order valence-corrected chi connectivity index (χ0v) is 7.07. The van der Waals surface area contributed by atoms with Crippen LogP contribution in [0.25, 0.3) is 0 Å². The van der Waals surface area contributed by atoms with Gasteiger partial charge >= 0.3 is 0 Å². The maximum Gasteiger partial charge on any atom is 0.0599 e. The molecule has 0 radical (unpaired) electrons. The van der Waals surface area contributed by atoms with Crippen molar-refractivity contribution >= 4 is 12.6 Å². The molecule has 1 saturated heterocycles. The SMILES string of the molecule is SCCOC1CCNCC1. The van der Waals surface area contributed by atoms with Crippen LogP contribution in [0.3, 0.4) is 0 Å². The van der Waals surface area contributed by atoms with E-state index in [-0.39, 0.29) is 0 Å². The van der Waals surface area contributed by atoms with Gasteiger partial charge in [-0.05, 0) is 25.9 Å². The minimum absolute atomic E-state index is 0.494. The summed E-state index contributed by atoms with van der Waals surface area (Å²) in [4.78, 5) is 0. The molecule has 60 valence electrons. The van der Waals surface area contributed by atoms with E-state index in [0.29, 0.717) is 6.10 Å². The van der Waals surface area contributed by atoms with E-state index in [9.17, 15) is 0 Å². The molecule has 0 atom stereocenters. The highest BCUT2D eigenvalue weighted by Crippen LogP contribution is 2.06. The Morgan fingerprint density at radius 2 is 2.10 bits per heavy atom. The molecule has 0 saturated carbocycles. The first-order chi connectivity index (χ1) is 4.93. The van der Waals surface area contributed by atoms with E-state index in [0.717, 1.165) is 38.3 Å². The van der Waals surface area contributed by atoms with Gasteiger partial charge in [-0.25, -0.2) is 0 Å². The fourth-order valence-electron chi connectivity index (χ4n) is 1.18. The Labute approximate surface area is 67.7 Å². The van der Waals surface area contributed by atoms with Crippen LogP contribution >= 0.6 is 12.6 Å². The molecule has 1 rings (SSSR count). The summed E-state index contributed by atoms with van der Waals surface area (Å²) in [6.45, 7) is 3.02. The van der Waals surface area contributed by atoms with Gasteiger partial charge in [0, 0.05) is 5.75 Å². The molecule has 0 unspecified atom stereocenters. The molecule has 1 aliphatic rings. The second-order valence-corrected chi connectivity index (χ2v) is 2.99. The summed E-state index contributed by atoms with van der Waals surface area (Å²) in [5, 5.41) is 3.29. The van der Waals surface area contributed by atoms with Gasteiger partial charge in [0.15, 0.2) is 0 Å². The van der Waals surface area contributed by atoms with Crippen LogP contribution in [0, 0.1) is 0 Å². The molecular formula is C7H15NOS. The van der Waals surface area contributed by atoms with Gasteiger partial charge in [-0.1, -0.05) is 0 Å². The first-order valence-corrected chi connectivity index (χ1v) is 4.50. The predicted octanol–water partition coefficient (Wildman–Crippen LogP) is 0.685. The molecule has 10 heavy (non-hydrogen) atoms. The van der Waals surface area contributed by atoms with Crippen LogP contribution in [-0.4, -0.2) is 31.6 Å². The number of thiol groups is 1. The second kappa shape index (κ2) is 4.99. The standard InChI is InChI=1S/C7H15NOS/c10-6-5-9-7-1-3-8-4-2-7/h7-8,10H,1-6H2. The van der Waals surface area contributed by atoms with Gasteiger partial charge in [0.2, 0.25) is 0 Å². The van der Waals surface area contributed by atoms with Gasteiger partial charge < -0.3 is 10.1 Å². The third kappa shape index (κ3) is 2.90. The van der Waals surface area contributed by atoms with E-state index < -0.39 is 0 Å². The maximum absolute atomic E-state index is 5.52. The quantitative estimate of drug-likeness (QED) is 0.594. The van der Waals surface area contributed by atoms with Crippen LogP contribution in [0.4, 0.5) is 0 Å². The Hall–Kier alpha value is 0.270. The lowest BCUT2D eigenvalue weighted by atomic mass is 10.1. The highest BCUT2D eigenvalue weighted by molar-refractivity contribution is 7.80. The topological polar surface area (TPSA) is 21.3 Å². The third-order valence-corrected chi connectivity index (χ3v) is 1.91. The molecule has 0 aromatic heterocycles.